The summed E-state index contributed by atoms with van der Waals surface area (Å²) in [5.74, 6) is -0.393. The van der Waals surface area contributed by atoms with Gasteiger partial charge in [-0.05, 0) is 67.8 Å². The van der Waals surface area contributed by atoms with Crippen molar-refractivity contribution in [2.75, 3.05) is 36.4 Å². The molecule has 0 aliphatic carbocycles. The van der Waals surface area contributed by atoms with Gasteiger partial charge >= 0.3 is 0 Å². The second-order valence-corrected chi connectivity index (χ2v) is 13.0. The number of benzene rings is 3. The zero-order valence-electron chi connectivity index (χ0n) is 20.7. The molecule has 1 amide bonds. The summed E-state index contributed by atoms with van der Waals surface area (Å²) in [6, 6.07) is 18.2. The first-order chi connectivity index (χ1) is 16.9. The standard InChI is InChI=1S/C26H29N3O5S2/c1-19-9-11-22(12-10-19)36(33,34)29(24-8-6-5-7-20(24)2)18-26(30)28-16-15-21-17-23(13-14-25(21)28)35(31,32)27(3)4/h5-14,17H,15-16,18H2,1-4H3. The normalized spacial score (nSPS) is 13.6. The third kappa shape index (κ3) is 4.76. The van der Waals surface area contributed by atoms with Gasteiger partial charge in [0.25, 0.3) is 10.0 Å². The molecule has 1 heterocycles. The molecule has 0 aromatic heterocycles. The average molecular weight is 528 g/mol. The lowest BCUT2D eigenvalue weighted by molar-refractivity contribution is -0.117. The van der Waals surface area contributed by atoms with E-state index in [9.17, 15) is 21.6 Å². The first-order valence-electron chi connectivity index (χ1n) is 11.4. The van der Waals surface area contributed by atoms with Crippen molar-refractivity contribution in [1.29, 1.82) is 0 Å². The molecule has 0 saturated carbocycles. The number of carbonyl (C=O) groups is 1. The lowest BCUT2D eigenvalue weighted by Crippen LogP contribution is -2.43. The molecule has 0 fully saturated rings. The molecule has 4 rings (SSSR count). The van der Waals surface area contributed by atoms with Crippen molar-refractivity contribution >= 4 is 37.3 Å². The van der Waals surface area contributed by atoms with E-state index in [0.717, 1.165) is 25.3 Å². The second kappa shape index (κ2) is 9.68. The van der Waals surface area contributed by atoms with Crippen molar-refractivity contribution < 1.29 is 21.6 Å². The van der Waals surface area contributed by atoms with Crippen LogP contribution in [-0.2, 0) is 31.3 Å². The third-order valence-electron chi connectivity index (χ3n) is 6.30. The summed E-state index contributed by atoms with van der Waals surface area (Å²) in [5, 5.41) is 0. The zero-order chi connectivity index (χ0) is 26.3. The van der Waals surface area contributed by atoms with Crippen LogP contribution in [0.25, 0.3) is 0 Å². The summed E-state index contributed by atoms with van der Waals surface area (Å²) in [4.78, 5) is 15.3. The van der Waals surface area contributed by atoms with Crippen LogP contribution in [0.5, 0.6) is 0 Å². The van der Waals surface area contributed by atoms with Crippen LogP contribution in [0.1, 0.15) is 16.7 Å². The van der Waals surface area contributed by atoms with Crippen LogP contribution in [0.4, 0.5) is 11.4 Å². The minimum atomic E-state index is -4.03. The Bertz CT molecular complexity index is 1520. The number of anilines is 2. The number of amides is 1. The van der Waals surface area contributed by atoms with Crippen LogP contribution < -0.4 is 9.21 Å². The Kier molecular flexibility index (Phi) is 6.96. The second-order valence-electron chi connectivity index (χ2n) is 8.98. The molecule has 0 bridgehead atoms. The van der Waals surface area contributed by atoms with Crippen LogP contribution in [0, 0.1) is 13.8 Å². The van der Waals surface area contributed by atoms with E-state index in [1.807, 2.05) is 13.0 Å². The Hall–Kier alpha value is -3.21. The van der Waals surface area contributed by atoms with Gasteiger partial charge in [-0.1, -0.05) is 35.9 Å². The molecule has 3 aromatic carbocycles. The van der Waals surface area contributed by atoms with Gasteiger partial charge in [-0.25, -0.2) is 21.1 Å². The summed E-state index contributed by atoms with van der Waals surface area (Å²) < 4.78 is 54.7. The highest BCUT2D eigenvalue weighted by Crippen LogP contribution is 2.32. The number of fused-ring (bicyclic) bond motifs is 1. The van der Waals surface area contributed by atoms with Crippen molar-refractivity contribution in [2.24, 2.45) is 0 Å². The molecule has 8 nitrogen and oxygen atoms in total. The number of aryl methyl sites for hydroxylation is 2. The SMILES string of the molecule is Cc1ccc(S(=O)(=O)N(CC(=O)N2CCc3cc(S(=O)(=O)N(C)C)ccc32)c2ccccc2C)cc1. The van der Waals surface area contributed by atoms with Gasteiger partial charge in [0.2, 0.25) is 15.9 Å². The first-order valence-corrected chi connectivity index (χ1v) is 14.3. The molecule has 10 heteroatoms. The highest BCUT2D eigenvalue weighted by Gasteiger charge is 2.33. The number of hydrogen-bond donors (Lipinski definition) is 0. The predicted molar refractivity (Wildman–Crippen MR) is 140 cm³/mol. The third-order valence-corrected chi connectivity index (χ3v) is 9.88. The molecule has 190 valence electrons. The van der Waals surface area contributed by atoms with Crippen LogP contribution in [-0.4, -0.2) is 54.2 Å². The first kappa shape index (κ1) is 25.9. The maximum atomic E-state index is 13.7. The van der Waals surface area contributed by atoms with Gasteiger partial charge < -0.3 is 4.90 Å². The largest absolute Gasteiger partial charge is 0.310 e. The molecule has 3 aromatic rings. The number of hydrogen-bond acceptors (Lipinski definition) is 5. The van der Waals surface area contributed by atoms with Gasteiger partial charge in [0.05, 0.1) is 15.5 Å². The maximum absolute atomic E-state index is 13.7. The molecule has 0 saturated heterocycles. The molecule has 0 atom stereocenters. The Balaban J connectivity index is 1.69. The highest BCUT2D eigenvalue weighted by molar-refractivity contribution is 7.92. The molecular weight excluding hydrogens is 498 g/mol. The smallest absolute Gasteiger partial charge is 0.264 e. The molecule has 1 aliphatic heterocycles. The minimum absolute atomic E-state index is 0.101. The molecule has 0 radical (unpaired) electrons. The van der Waals surface area contributed by atoms with E-state index < -0.39 is 32.5 Å². The van der Waals surface area contributed by atoms with E-state index in [1.54, 1.807) is 49.4 Å². The van der Waals surface area contributed by atoms with E-state index in [-0.39, 0.29) is 9.79 Å². The zero-order valence-corrected chi connectivity index (χ0v) is 22.3. The lowest BCUT2D eigenvalue weighted by atomic mass is 10.2. The van der Waals surface area contributed by atoms with Crippen LogP contribution in [0.3, 0.4) is 0 Å². The maximum Gasteiger partial charge on any atom is 0.264 e. The van der Waals surface area contributed by atoms with Crippen molar-refractivity contribution in [3.8, 4) is 0 Å². The predicted octanol–water partition coefficient (Wildman–Crippen LogP) is 3.34. The van der Waals surface area contributed by atoms with Crippen molar-refractivity contribution in [3.63, 3.8) is 0 Å². The highest BCUT2D eigenvalue weighted by atomic mass is 32.2. The van der Waals surface area contributed by atoms with Crippen LogP contribution >= 0.6 is 0 Å². The van der Waals surface area contributed by atoms with E-state index in [0.29, 0.717) is 24.3 Å². The summed E-state index contributed by atoms with van der Waals surface area (Å²) in [6.45, 7) is 3.62. The molecule has 1 aliphatic rings. The summed E-state index contributed by atoms with van der Waals surface area (Å²) in [7, 11) is -4.71. The van der Waals surface area contributed by atoms with Gasteiger partial charge in [-0.2, -0.15) is 0 Å². The summed E-state index contributed by atoms with van der Waals surface area (Å²) in [6.07, 6.45) is 0.479. The number of sulfonamides is 2. The number of rotatable bonds is 7. The van der Waals surface area contributed by atoms with Gasteiger partial charge in [0.1, 0.15) is 6.54 Å². The number of para-hydroxylation sites is 1. The fourth-order valence-electron chi connectivity index (χ4n) is 4.20. The van der Waals surface area contributed by atoms with Crippen molar-refractivity contribution in [3.05, 3.63) is 83.4 Å². The number of carbonyl (C=O) groups excluding carboxylic acids is 1. The summed E-state index contributed by atoms with van der Waals surface area (Å²) >= 11 is 0. The van der Waals surface area contributed by atoms with E-state index in [2.05, 4.69) is 0 Å². The quantitative estimate of drug-likeness (QED) is 0.470. The van der Waals surface area contributed by atoms with E-state index in [1.165, 1.54) is 37.2 Å². The molecular formula is C26H29N3O5S2. The van der Waals surface area contributed by atoms with Gasteiger partial charge in [0.15, 0.2) is 0 Å². The Labute approximate surface area is 212 Å². The van der Waals surface area contributed by atoms with E-state index >= 15 is 0 Å². The fourth-order valence-corrected chi connectivity index (χ4v) is 6.63. The fraction of sp³-hybridized carbons (Fsp3) is 0.269. The number of nitrogens with zero attached hydrogens (tertiary/aromatic N) is 3. The van der Waals surface area contributed by atoms with Gasteiger partial charge in [-0.15, -0.1) is 0 Å². The topological polar surface area (TPSA) is 95.1 Å². The molecule has 0 unspecified atom stereocenters. The van der Waals surface area contributed by atoms with Crippen molar-refractivity contribution in [2.45, 2.75) is 30.1 Å². The minimum Gasteiger partial charge on any atom is -0.310 e. The van der Waals surface area contributed by atoms with Crippen LogP contribution in [0.15, 0.2) is 76.5 Å². The average Bonchev–Trinajstić information content (AvgIpc) is 3.26. The monoisotopic (exact) mass is 527 g/mol. The molecule has 36 heavy (non-hydrogen) atoms. The Morgan fingerprint density at radius 1 is 0.861 bits per heavy atom. The van der Waals surface area contributed by atoms with Gasteiger partial charge in [-0.3, -0.25) is 9.10 Å². The van der Waals surface area contributed by atoms with E-state index in [4.69, 9.17) is 0 Å². The van der Waals surface area contributed by atoms with Crippen molar-refractivity contribution in [1.82, 2.24) is 4.31 Å². The lowest BCUT2D eigenvalue weighted by Gasteiger charge is -2.28. The molecule has 0 N–H and O–H groups in total. The van der Waals surface area contributed by atoms with Gasteiger partial charge in [0, 0.05) is 26.3 Å². The Morgan fingerprint density at radius 2 is 1.50 bits per heavy atom. The Morgan fingerprint density at radius 3 is 2.14 bits per heavy atom. The molecule has 0 spiro atoms. The van der Waals surface area contributed by atoms with Crippen LogP contribution in [0.2, 0.25) is 0 Å². The summed E-state index contributed by atoms with van der Waals surface area (Å²) in [5.41, 5.74) is 3.40.